The fraction of sp³-hybridized carbons (Fsp3) is 0.391. The van der Waals surface area contributed by atoms with Gasteiger partial charge in [-0.1, -0.05) is 35.9 Å². The normalized spacial score (nSPS) is 14.3. The first-order valence-electron chi connectivity index (χ1n) is 10.1. The summed E-state index contributed by atoms with van der Waals surface area (Å²) in [4.78, 5) is 26.0. The van der Waals surface area contributed by atoms with Gasteiger partial charge in [0.15, 0.2) is 0 Å². The molecule has 0 saturated carbocycles. The maximum atomic E-state index is 12.2. The van der Waals surface area contributed by atoms with Crippen LogP contribution in [0.2, 0.25) is 0 Å². The van der Waals surface area contributed by atoms with E-state index in [2.05, 4.69) is 5.32 Å². The standard InChI is InChI=1S/C23H28N2O4/c1-18-9-11-20(12-10-18)28-17-5-8-22(26)24-19-13-15-25(16-14-19)23(27)29-21-6-3-2-4-7-21/h2-4,6-7,9-12,19H,5,8,13-17H2,1H3,(H,24,26). The molecule has 0 spiro atoms. The Morgan fingerprint density at radius 2 is 1.69 bits per heavy atom. The van der Waals surface area contributed by atoms with E-state index in [4.69, 9.17) is 9.47 Å². The Morgan fingerprint density at radius 1 is 1.00 bits per heavy atom. The molecule has 1 saturated heterocycles. The second-order valence-corrected chi connectivity index (χ2v) is 7.27. The summed E-state index contributed by atoms with van der Waals surface area (Å²) in [6.45, 7) is 3.70. The van der Waals surface area contributed by atoms with Crippen LogP contribution in [0.5, 0.6) is 11.5 Å². The number of carbonyl (C=O) groups is 2. The van der Waals surface area contributed by atoms with E-state index in [-0.39, 0.29) is 18.0 Å². The zero-order chi connectivity index (χ0) is 20.5. The molecule has 2 aromatic rings. The van der Waals surface area contributed by atoms with E-state index in [1.54, 1.807) is 17.0 Å². The molecule has 6 heteroatoms. The molecule has 1 N–H and O–H groups in total. The topological polar surface area (TPSA) is 67.9 Å². The van der Waals surface area contributed by atoms with Crippen molar-refractivity contribution in [3.63, 3.8) is 0 Å². The summed E-state index contributed by atoms with van der Waals surface area (Å²) in [7, 11) is 0. The van der Waals surface area contributed by atoms with E-state index >= 15 is 0 Å². The number of nitrogens with zero attached hydrogens (tertiary/aromatic N) is 1. The molecule has 2 aromatic carbocycles. The highest BCUT2D eigenvalue weighted by Crippen LogP contribution is 2.15. The molecule has 1 fully saturated rings. The Bertz CT molecular complexity index is 784. The van der Waals surface area contributed by atoms with Crippen molar-refractivity contribution in [2.75, 3.05) is 19.7 Å². The smallest absolute Gasteiger partial charge is 0.415 e. The maximum absolute atomic E-state index is 12.2. The van der Waals surface area contributed by atoms with Crippen molar-refractivity contribution >= 4 is 12.0 Å². The minimum Gasteiger partial charge on any atom is -0.494 e. The van der Waals surface area contributed by atoms with Crippen molar-refractivity contribution in [3.8, 4) is 11.5 Å². The van der Waals surface area contributed by atoms with Crippen molar-refractivity contribution < 1.29 is 19.1 Å². The lowest BCUT2D eigenvalue weighted by molar-refractivity contribution is -0.122. The Kier molecular flexibility index (Phi) is 7.50. The number of hydrogen-bond acceptors (Lipinski definition) is 4. The molecule has 2 amide bonds. The third-order valence-electron chi connectivity index (χ3n) is 4.90. The number of ether oxygens (including phenoxy) is 2. The molecule has 154 valence electrons. The van der Waals surface area contributed by atoms with E-state index in [0.29, 0.717) is 38.3 Å². The number of carbonyl (C=O) groups excluding carboxylic acids is 2. The fourth-order valence-corrected chi connectivity index (χ4v) is 3.22. The van der Waals surface area contributed by atoms with E-state index in [0.717, 1.165) is 18.6 Å². The van der Waals surface area contributed by atoms with Gasteiger partial charge in [-0.05, 0) is 50.5 Å². The van der Waals surface area contributed by atoms with E-state index in [1.165, 1.54) is 5.56 Å². The van der Waals surface area contributed by atoms with Gasteiger partial charge in [0.2, 0.25) is 5.91 Å². The van der Waals surface area contributed by atoms with Crippen molar-refractivity contribution in [2.45, 2.75) is 38.6 Å². The van der Waals surface area contributed by atoms with Crippen LogP contribution in [0.3, 0.4) is 0 Å². The van der Waals surface area contributed by atoms with Crippen LogP contribution in [-0.2, 0) is 4.79 Å². The maximum Gasteiger partial charge on any atom is 0.415 e. The molecule has 3 rings (SSSR count). The highest BCUT2D eigenvalue weighted by molar-refractivity contribution is 5.76. The lowest BCUT2D eigenvalue weighted by Crippen LogP contribution is -2.47. The monoisotopic (exact) mass is 396 g/mol. The zero-order valence-corrected chi connectivity index (χ0v) is 16.8. The van der Waals surface area contributed by atoms with Gasteiger partial charge in [0, 0.05) is 25.6 Å². The van der Waals surface area contributed by atoms with Crippen molar-refractivity contribution in [3.05, 3.63) is 60.2 Å². The third kappa shape index (κ3) is 6.82. The van der Waals surface area contributed by atoms with Gasteiger partial charge in [-0.2, -0.15) is 0 Å². The third-order valence-corrected chi connectivity index (χ3v) is 4.90. The van der Waals surface area contributed by atoms with Crippen LogP contribution in [0.1, 0.15) is 31.2 Å². The lowest BCUT2D eigenvalue weighted by Gasteiger charge is -2.31. The molecule has 0 unspecified atom stereocenters. The fourth-order valence-electron chi connectivity index (χ4n) is 3.22. The van der Waals surface area contributed by atoms with E-state index in [9.17, 15) is 9.59 Å². The number of hydrogen-bond donors (Lipinski definition) is 1. The van der Waals surface area contributed by atoms with Gasteiger partial charge in [-0.15, -0.1) is 0 Å². The van der Waals surface area contributed by atoms with Crippen LogP contribution in [0, 0.1) is 6.92 Å². The molecular formula is C23H28N2O4. The van der Waals surface area contributed by atoms with Gasteiger partial charge >= 0.3 is 6.09 Å². The second-order valence-electron chi connectivity index (χ2n) is 7.27. The van der Waals surface area contributed by atoms with Gasteiger partial charge in [-0.25, -0.2) is 4.79 Å². The van der Waals surface area contributed by atoms with Crippen LogP contribution in [0.4, 0.5) is 4.79 Å². The molecule has 0 atom stereocenters. The van der Waals surface area contributed by atoms with Gasteiger partial charge in [0.25, 0.3) is 0 Å². The summed E-state index contributed by atoms with van der Waals surface area (Å²) in [5.74, 6) is 1.40. The van der Waals surface area contributed by atoms with E-state index in [1.807, 2.05) is 49.4 Å². The molecule has 1 aliphatic heterocycles. The SMILES string of the molecule is Cc1ccc(OCCCC(=O)NC2CCN(C(=O)Oc3ccccc3)CC2)cc1. The highest BCUT2D eigenvalue weighted by atomic mass is 16.6. The Hall–Kier alpha value is -3.02. The number of amides is 2. The number of nitrogens with one attached hydrogen (secondary N) is 1. The van der Waals surface area contributed by atoms with Crippen molar-refractivity contribution in [1.82, 2.24) is 10.2 Å². The van der Waals surface area contributed by atoms with Crippen LogP contribution in [0.25, 0.3) is 0 Å². The Morgan fingerprint density at radius 3 is 2.38 bits per heavy atom. The molecule has 29 heavy (non-hydrogen) atoms. The number of para-hydroxylation sites is 1. The predicted octanol–water partition coefficient (Wildman–Crippen LogP) is 3.93. The van der Waals surface area contributed by atoms with Crippen LogP contribution in [0.15, 0.2) is 54.6 Å². The van der Waals surface area contributed by atoms with Crippen LogP contribution >= 0.6 is 0 Å². The second kappa shape index (κ2) is 10.5. The average molecular weight is 396 g/mol. The molecule has 6 nitrogen and oxygen atoms in total. The number of piperidine rings is 1. The molecule has 0 aromatic heterocycles. The first-order valence-corrected chi connectivity index (χ1v) is 10.1. The highest BCUT2D eigenvalue weighted by Gasteiger charge is 2.25. The molecule has 0 bridgehead atoms. The Labute approximate surface area is 171 Å². The van der Waals surface area contributed by atoms with Gasteiger partial charge in [0.1, 0.15) is 11.5 Å². The van der Waals surface area contributed by atoms with E-state index < -0.39 is 0 Å². The van der Waals surface area contributed by atoms with Crippen molar-refractivity contribution in [1.29, 1.82) is 0 Å². The number of benzene rings is 2. The summed E-state index contributed by atoms with van der Waals surface area (Å²) in [6, 6.07) is 17.0. The summed E-state index contributed by atoms with van der Waals surface area (Å²) < 4.78 is 11.0. The van der Waals surface area contributed by atoms with Gasteiger partial charge in [-0.3, -0.25) is 4.79 Å². The minimum absolute atomic E-state index is 0.0304. The minimum atomic E-state index is -0.339. The first-order chi connectivity index (χ1) is 14.1. The summed E-state index contributed by atoms with van der Waals surface area (Å²) in [5, 5.41) is 3.06. The predicted molar refractivity (Wildman–Crippen MR) is 111 cm³/mol. The first kappa shape index (κ1) is 20.7. The number of aryl methyl sites for hydroxylation is 1. The quantitative estimate of drug-likeness (QED) is 0.720. The summed E-state index contributed by atoms with van der Waals surface area (Å²) in [6.07, 6.45) is 2.23. The van der Waals surface area contributed by atoms with Crippen LogP contribution in [-0.4, -0.2) is 42.6 Å². The average Bonchev–Trinajstić information content (AvgIpc) is 2.74. The summed E-state index contributed by atoms with van der Waals surface area (Å²) >= 11 is 0. The Balaban J connectivity index is 1.30. The molecule has 1 heterocycles. The van der Waals surface area contributed by atoms with Crippen LogP contribution < -0.4 is 14.8 Å². The largest absolute Gasteiger partial charge is 0.494 e. The molecule has 1 aliphatic rings. The molecule has 0 aliphatic carbocycles. The number of likely N-dealkylation sites (tertiary alicyclic amines) is 1. The zero-order valence-electron chi connectivity index (χ0n) is 16.8. The lowest BCUT2D eigenvalue weighted by atomic mass is 10.1. The van der Waals surface area contributed by atoms with Gasteiger partial charge < -0.3 is 19.7 Å². The number of rotatable bonds is 7. The molecular weight excluding hydrogens is 368 g/mol. The molecule has 0 radical (unpaired) electrons. The van der Waals surface area contributed by atoms with Crippen molar-refractivity contribution in [2.24, 2.45) is 0 Å². The van der Waals surface area contributed by atoms with Gasteiger partial charge in [0.05, 0.1) is 6.61 Å². The summed E-state index contributed by atoms with van der Waals surface area (Å²) in [5.41, 5.74) is 1.19.